The first-order chi connectivity index (χ1) is 7.10. The van der Waals surface area contributed by atoms with Gasteiger partial charge in [0.25, 0.3) is 0 Å². The Morgan fingerprint density at radius 2 is 1.93 bits per heavy atom. The minimum Gasteiger partial charge on any atom is -0.374 e. The van der Waals surface area contributed by atoms with Gasteiger partial charge in [0.1, 0.15) is 0 Å². The van der Waals surface area contributed by atoms with Crippen molar-refractivity contribution >= 4 is 15.5 Å². The average molecular weight is 223 g/mol. The minimum atomic E-state index is -3.10. The standard InChI is InChI=1S/C11H13NO2S/c1-3-9-12-10-5-7-11(8-6-10)15(13,14)4-2/h1,5-8,12H,4,9H2,2H3. The molecular formula is C11H13NO2S. The minimum absolute atomic E-state index is 0.115. The van der Waals surface area contributed by atoms with Crippen molar-refractivity contribution < 1.29 is 8.42 Å². The highest BCUT2D eigenvalue weighted by atomic mass is 32.2. The van der Waals surface area contributed by atoms with Crippen LogP contribution in [-0.4, -0.2) is 20.7 Å². The molecule has 0 fully saturated rings. The number of terminal acetylenes is 1. The van der Waals surface area contributed by atoms with Gasteiger partial charge in [-0.1, -0.05) is 12.8 Å². The van der Waals surface area contributed by atoms with Crippen molar-refractivity contribution in [2.45, 2.75) is 11.8 Å². The smallest absolute Gasteiger partial charge is 0.178 e. The lowest BCUT2D eigenvalue weighted by Gasteiger charge is -2.04. The summed E-state index contributed by atoms with van der Waals surface area (Å²) in [4.78, 5) is 0.344. The van der Waals surface area contributed by atoms with Crippen LogP contribution in [0.1, 0.15) is 6.92 Å². The van der Waals surface area contributed by atoms with Crippen molar-refractivity contribution in [2.75, 3.05) is 17.6 Å². The highest BCUT2D eigenvalue weighted by Crippen LogP contribution is 2.14. The third-order valence-corrected chi connectivity index (χ3v) is 3.74. The van der Waals surface area contributed by atoms with Gasteiger partial charge in [-0.15, -0.1) is 6.42 Å². The number of anilines is 1. The quantitative estimate of drug-likeness (QED) is 0.787. The first-order valence-corrected chi connectivity index (χ1v) is 6.25. The third kappa shape index (κ3) is 3.00. The molecular weight excluding hydrogens is 210 g/mol. The molecule has 0 saturated carbocycles. The molecule has 4 heteroatoms. The van der Waals surface area contributed by atoms with Crippen LogP contribution in [0.2, 0.25) is 0 Å². The SMILES string of the molecule is C#CCNc1ccc(S(=O)(=O)CC)cc1. The Morgan fingerprint density at radius 1 is 1.33 bits per heavy atom. The van der Waals surface area contributed by atoms with E-state index in [-0.39, 0.29) is 5.75 Å². The van der Waals surface area contributed by atoms with E-state index in [1.807, 2.05) is 0 Å². The van der Waals surface area contributed by atoms with Crippen LogP contribution in [0.4, 0.5) is 5.69 Å². The summed E-state index contributed by atoms with van der Waals surface area (Å²) in [5, 5.41) is 2.96. The monoisotopic (exact) mass is 223 g/mol. The van der Waals surface area contributed by atoms with Gasteiger partial charge in [0.2, 0.25) is 0 Å². The highest BCUT2D eigenvalue weighted by Gasteiger charge is 2.10. The molecule has 1 N–H and O–H groups in total. The summed E-state index contributed by atoms with van der Waals surface area (Å²) in [5.74, 6) is 2.56. The van der Waals surface area contributed by atoms with Gasteiger partial charge in [-0.05, 0) is 24.3 Å². The number of hydrogen-bond acceptors (Lipinski definition) is 3. The summed E-state index contributed by atoms with van der Waals surface area (Å²) >= 11 is 0. The van der Waals surface area contributed by atoms with Crippen molar-refractivity contribution in [3.63, 3.8) is 0 Å². The Kier molecular flexibility index (Phi) is 3.75. The molecule has 0 heterocycles. The zero-order valence-electron chi connectivity index (χ0n) is 8.53. The molecule has 0 aliphatic carbocycles. The zero-order chi connectivity index (χ0) is 11.3. The predicted molar refractivity (Wildman–Crippen MR) is 61.5 cm³/mol. The summed E-state index contributed by atoms with van der Waals surface area (Å²) in [6, 6.07) is 6.58. The van der Waals surface area contributed by atoms with E-state index >= 15 is 0 Å². The Hall–Kier alpha value is -1.47. The van der Waals surface area contributed by atoms with Crippen LogP contribution in [0.15, 0.2) is 29.2 Å². The lowest BCUT2D eigenvalue weighted by Crippen LogP contribution is -2.04. The molecule has 0 radical (unpaired) electrons. The van der Waals surface area contributed by atoms with Crippen molar-refractivity contribution in [1.29, 1.82) is 0 Å². The zero-order valence-corrected chi connectivity index (χ0v) is 9.34. The Bertz CT molecular complexity index is 454. The van der Waals surface area contributed by atoms with Crippen molar-refractivity contribution in [2.24, 2.45) is 0 Å². The van der Waals surface area contributed by atoms with Gasteiger partial charge in [0.05, 0.1) is 17.2 Å². The number of nitrogens with one attached hydrogen (secondary N) is 1. The molecule has 1 rings (SSSR count). The van der Waals surface area contributed by atoms with Gasteiger partial charge in [-0.3, -0.25) is 0 Å². The Morgan fingerprint density at radius 3 is 2.40 bits per heavy atom. The Labute approximate surface area is 90.4 Å². The van der Waals surface area contributed by atoms with E-state index in [1.165, 1.54) is 0 Å². The lowest BCUT2D eigenvalue weighted by atomic mass is 10.3. The first kappa shape index (κ1) is 11.6. The van der Waals surface area contributed by atoms with Crippen LogP contribution in [-0.2, 0) is 9.84 Å². The molecule has 80 valence electrons. The van der Waals surface area contributed by atoms with Gasteiger partial charge >= 0.3 is 0 Å². The fourth-order valence-electron chi connectivity index (χ4n) is 1.10. The molecule has 0 atom stereocenters. The molecule has 0 aliphatic rings. The molecule has 0 bridgehead atoms. The van der Waals surface area contributed by atoms with Crippen LogP contribution < -0.4 is 5.32 Å². The first-order valence-electron chi connectivity index (χ1n) is 4.60. The van der Waals surface area contributed by atoms with Crippen LogP contribution in [0.5, 0.6) is 0 Å². The van der Waals surface area contributed by atoms with Crippen LogP contribution in [0.3, 0.4) is 0 Å². The summed E-state index contributed by atoms with van der Waals surface area (Å²) in [6.45, 7) is 2.06. The van der Waals surface area contributed by atoms with Crippen molar-refractivity contribution in [3.8, 4) is 12.3 Å². The van der Waals surface area contributed by atoms with E-state index in [9.17, 15) is 8.42 Å². The van der Waals surface area contributed by atoms with E-state index in [1.54, 1.807) is 31.2 Å². The summed E-state index contributed by atoms with van der Waals surface area (Å²) in [5.41, 5.74) is 0.822. The molecule has 0 saturated heterocycles. The normalized spacial score (nSPS) is 10.7. The van der Waals surface area contributed by atoms with E-state index < -0.39 is 9.84 Å². The van der Waals surface area contributed by atoms with Crippen molar-refractivity contribution in [1.82, 2.24) is 0 Å². The molecule has 0 aromatic heterocycles. The number of sulfone groups is 1. The molecule has 0 aliphatic heterocycles. The van der Waals surface area contributed by atoms with E-state index in [0.29, 0.717) is 11.4 Å². The molecule has 0 spiro atoms. The number of benzene rings is 1. The van der Waals surface area contributed by atoms with E-state index in [2.05, 4.69) is 11.2 Å². The van der Waals surface area contributed by atoms with Gasteiger partial charge < -0.3 is 5.32 Å². The van der Waals surface area contributed by atoms with E-state index in [4.69, 9.17) is 6.42 Å². The van der Waals surface area contributed by atoms with E-state index in [0.717, 1.165) is 5.69 Å². The predicted octanol–water partition coefficient (Wildman–Crippen LogP) is 1.53. The van der Waals surface area contributed by atoms with Gasteiger partial charge in [-0.25, -0.2) is 8.42 Å². The van der Waals surface area contributed by atoms with Gasteiger partial charge in [0.15, 0.2) is 9.84 Å². The lowest BCUT2D eigenvalue weighted by molar-refractivity contribution is 0.597. The third-order valence-electron chi connectivity index (χ3n) is 1.99. The van der Waals surface area contributed by atoms with Gasteiger partial charge in [-0.2, -0.15) is 0 Å². The summed E-state index contributed by atoms with van der Waals surface area (Å²) in [6.07, 6.45) is 5.09. The van der Waals surface area contributed by atoms with Crippen LogP contribution >= 0.6 is 0 Å². The van der Waals surface area contributed by atoms with Crippen LogP contribution in [0, 0.1) is 12.3 Å². The molecule has 15 heavy (non-hydrogen) atoms. The maximum atomic E-state index is 11.5. The molecule has 1 aromatic rings. The summed E-state index contributed by atoms with van der Waals surface area (Å²) in [7, 11) is -3.10. The highest BCUT2D eigenvalue weighted by molar-refractivity contribution is 7.91. The molecule has 0 amide bonds. The average Bonchev–Trinajstić information content (AvgIpc) is 2.27. The fraction of sp³-hybridized carbons (Fsp3) is 0.273. The van der Waals surface area contributed by atoms with Crippen LogP contribution in [0.25, 0.3) is 0 Å². The number of rotatable bonds is 4. The molecule has 3 nitrogen and oxygen atoms in total. The molecule has 1 aromatic carbocycles. The largest absolute Gasteiger partial charge is 0.374 e. The van der Waals surface area contributed by atoms with Crippen molar-refractivity contribution in [3.05, 3.63) is 24.3 Å². The fourth-order valence-corrected chi connectivity index (χ4v) is 1.98. The number of hydrogen-bond donors (Lipinski definition) is 1. The second-order valence-electron chi connectivity index (χ2n) is 2.99. The van der Waals surface area contributed by atoms with Gasteiger partial charge in [0, 0.05) is 5.69 Å². The summed E-state index contributed by atoms with van der Waals surface area (Å²) < 4.78 is 22.9. The maximum Gasteiger partial charge on any atom is 0.178 e. The topological polar surface area (TPSA) is 46.2 Å². The Balaban J connectivity index is 2.87. The second-order valence-corrected chi connectivity index (χ2v) is 5.26. The molecule has 0 unspecified atom stereocenters. The second kappa shape index (κ2) is 4.85. The maximum absolute atomic E-state index is 11.5.